The Kier molecular flexibility index (Phi) is 5.12. The maximum atomic E-state index is 11.8. The number of phenolic OH excluding ortho intramolecular Hbond substituents is 1. The van der Waals surface area contributed by atoms with Crippen molar-refractivity contribution in [1.82, 2.24) is 0 Å². The highest BCUT2D eigenvalue weighted by molar-refractivity contribution is 8.13. The van der Waals surface area contributed by atoms with Gasteiger partial charge in [0.2, 0.25) is 0 Å². The van der Waals surface area contributed by atoms with E-state index in [9.17, 15) is 9.90 Å². The van der Waals surface area contributed by atoms with Crippen LogP contribution in [0.1, 0.15) is 25.1 Å². The van der Waals surface area contributed by atoms with E-state index in [1.165, 1.54) is 11.8 Å². The van der Waals surface area contributed by atoms with Crippen LogP contribution in [0.3, 0.4) is 0 Å². The first-order valence-electron chi connectivity index (χ1n) is 6.44. The summed E-state index contributed by atoms with van der Waals surface area (Å²) in [7, 11) is 0. The monoisotopic (exact) mass is 291 g/mol. The summed E-state index contributed by atoms with van der Waals surface area (Å²) in [6.45, 7) is 1.95. The van der Waals surface area contributed by atoms with Crippen molar-refractivity contribution >= 4 is 22.6 Å². The number of para-hydroxylation sites is 2. The van der Waals surface area contributed by atoms with Crippen LogP contribution in [-0.2, 0) is 4.79 Å². The molecule has 20 heavy (non-hydrogen) atoms. The molecule has 0 radical (unpaired) electrons. The van der Waals surface area contributed by atoms with Crippen molar-refractivity contribution in [2.45, 2.75) is 19.4 Å². The lowest BCUT2D eigenvalue weighted by atomic mass is 10.1. The van der Waals surface area contributed by atoms with Gasteiger partial charge in [-0.1, -0.05) is 30.8 Å². The van der Waals surface area contributed by atoms with Gasteiger partial charge in [0, 0.05) is 6.42 Å². The lowest BCUT2D eigenvalue weighted by Gasteiger charge is -2.17. The fourth-order valence-corrected chi connectivity index (χ4v) is 2.49. The second kappa shape index (κ2) is 7.05. The molecule has 5 heteroatoms. The van der Waals surface area contributed by atoms with Crippen LogP contribution in [0.5, 0.6) is 5.75 Å². The van der Waals surface area contributed by atoms with Gasteiger partial charge in [0.25, 0.3) is 0 Å². The van der Waals surface area contributed by atoms with Crippen molar-refractivity contribution in [2.75, 3.05) is 11.1 Å². The normalized spacial score (nSPS) is 12.1. The van der Waals surface area contributed by atoms with Crippen LogP contribution in [0.15, 0.2) is 47.1 Å². The molecule has 2 rings (SSSR count). The van der Waals surface area contributed by atoms with Gasteiger partial charge in [-0.3, -0.25) is 4.79 Å². The smallest absolute Gasteiger partial charge is 0.191 e. The van der Waals surface area contributed by atoms with E-state index in [2.05, 4.69) is 5.32 Å². The predicted molar refractivity (Wildman–Crippen MR) is 80.9 cm³/mol. The molecule has 4 nitrogen and oxygen atoms in total. The molecule has 0 aliphatic heterocycles. The number of carbonyl (C=O) groups is 1. The van der Waals surface area contributed by atoms with E-state index in [1.54, 1.807) is 30.5 Å². The zero-order valence-corrected chi connectivity index (χ0v) is 12.0. The van der Waals surface area contributed by atoms with E-state index in [1.807, 2.05) is 19.1 Å². The lowest BCUT2D eigenvalue weighted by Crippen LogP contribution is -2.13. The quantitative estimate of drug-likeness (QED) is 0.792. The summed E-state index contributed by atoms with van der Waals surface area (Å²) in [5.74, 6) is 1.58. The van der Waals surface area contributed by atoms with Gasteiger partial charge >= 0.3 is 0 Å². The van der Waals surface area contributed by atoms with E-state index in [0.29, 0.717) is 17.9 Å². The number of hydrogen-bond acceptors (Lipinski definition) is 5. The van der Waals surface area contributed by atoms with Gasteiger partial charge in [-0.25, -0.2) is 0 Å². The van der Waals surface area contributed by atoms with Gasteiger partial charge in [-0.15, -0.1) is 0 Å². The molecule has 1 aromatic carbocycles. The minimum absolute atomic E-state index is 0.0943. The fraction of sp³-hybridized carbons (Fsp3) is 0.267. The molecule has 106 valence electrons. The van der Waals surface area contributed by atoms with Crippen molar-refractivity contribution in [2.24, 2.45) is 0 Å². The molecule has 1 aromatic heterocycles. The molecule has 1 unspecified atom stereocenters. The zero-order chi connectivity index (χ0) is 14.4. The third kappa shape index (κ3) is 3.81. The summed E-state index contributed by atoms with van der Waals surface area (Å²) in [5.41, 5.74) is 0.586. The Hall–Kier alpha value is -1.88. The van der Waals surface area contributed by atoms with Gasteiger partial charge < -0.3 is 14.8 Å². The molecule has 0 aliphatic carbocycles. The molecule has 0 bridgehead atoms. The van der Waals surface area contributed by atoms with Gasteiger partial charge in [0.1, 0.15) is 11.5 Å². The van der Waals surface area contributed by atoms with E-state index in [4.69, 9.17) is 4.42 Å². The molecule has 0 spiro atoms. The average Bonchev–Trinajstić information content (AvgIpc) is 2.94. The molecular weight excluding hydrogens is 274 g/mol. The molecule has 1 heterocycles. The summed E-state index contributed by atoms with van der Waals surface area (Å²) < 4.78 is 5.38. The average molecular weight is 291 g/mol. The molecule has 2 aromatic rings. The Labute approximate surface area is 122 Å². The van der Waals surface area contributed by atoms with Crippen LogP contribution in [0.2, 0.25) is 0 Å². The summed E-state index contributed by atoms with van der Waals surface area (Å²) in [6.07, 6.45) is 1.88. The number of aromatic hydroxyl groups is 1. The van der Waals surface area contributed by atoms with E-state index >= 15 is 0 Å². The number of furan rings is 1. The number of thioether (sulfide) groups is 1. The first kappa shape index (κ1) is 14.5. The van der Waals surface area contributed by atoms with Gasteiger partial charge in [0.05, 0.1) is 18.0 Å². The third-order valence-electron chi connectivity index (χ3n) is 2.80. The summed E-state index contributed by atoms with van der Waals surface area (Å²) in [6, 6.07) is 10.3. The first-order valence-corrected chi connectivity index (χ1v) is 7.42. The highest BCUT2D eigenvalue weighted by Gasteiger charge is 2.19. The molecule has 0 aliphatic rings. The van der Waals surface area contributed by atoms with Crippen molar-refractivity contribution in [3.05, 3.63) is 48.4 Å². The molecule has 1 atom stereocenters. The maximum Gasteiger partial charge on any atom is 0.191 e. The minimum Gasteiger partial charge on any atom is -0.506 e. The number of anilines is 1. The van der Waals surface area contributed by atoms with Crippen molar-refractivity contribution in [3.63, 3.8) is 0 Å². The number of hydrogen-bond donors (Lipinski definition) is 2. The molecule has 2 N–H and O–H groups in total. The second-order valence-corrected chi connectivity index (χ2v) is 5.56. The van der Waals surface area contributed by atoms with Gasteiger partial charge in [0.15, 0.2) is 5.12 Å². The summed E-state index contributed by atoms with van der Waals surface area (Å²) in [4.78, 5) is 11.8. The van der Waals surface area contributed by atoms with E-state index in [-0.39, 0.29) is 16.9 Å². The van der Waals surface area contributed by atoms with E-state index < -0.39 is 0 Å². The standard InChI is InChI=1S/C15H17NO3S/c1-2-20-15(18)10-12(14-8-5-9-19-14)16-11-6-3-4-7-13(11)17/h3-9,12,16-17H,2,10H2,1H3. The third-order valence-corrected chi connectivity index (χ3v) is 3.57. The molecule has 0 amide bonds. The molecule has 0 fully saturated rings. The number of rotatable bonds is 6. The van der Waals surface area contributed by atoms with Crippen molar-refractivity contribution < 1.29 is 14.3 Å². The Morgan fingerprint density at radius 2 is 2.15 bits per heavy atom. The lowest BCUT2D eigenvalue weighted by molar-refractivity contribution is -0.111. The summed E-state index contributed by atoms with van der Waals surface area (Å²) >= 11 is 1.29. The summed E-state index contributed by atoms with van der Waals surface area (Å²) in [5, 5.41) is 13.1. The van der Waals surface area contributed by atoms with Crippen LogP contribution in [0.4, 0.5) is 5.69 Å². The Balaban J connectivity index is 2.15. The van der Waals surface area contributed by atoms with Gasteiger partial charge in [-0.05, 0) is 30.0 Å². The first-order chi connectivity index (χ1) is 9.70. The number of carbonyl (C=O) groups excluding carboxylic acids is 1. The SMILES string of the molecule is CCSC(=O)CC(Nc1ccccc1O)c1ccco1. The number of nitrogens with one attached hydrogen (secondary N) is 1. The Bertz CT molecular complexity index is 554. The minimum atomic E-state index is -0.287. The zero-order valence-electron chi connectivity index (χ0n) is 11.2. The number of benzene rings is 1. The fourth-order valence-electron chi connectivity index (χ4n) is 1.88. The topological polar surface area (TPSA) is 62.5 Å². The van der Waals surface area contributed by atoms with Crippen LogP contribution in [-0.4, -0.2) is 16.0 Å². The highest BCUT2D eigenvalue weighted by atomic mass is 32.2. The molecule has 0 saturated carbocycles. The highest BCUT2D eigenvalue weighted by Crippen LogP contribution is 2.30. The largest absolute Gasteiger partial charge is 0.506 e. The Morgan fingerprint density at radius 3 is 2.80 bits per heavy atom. The predicted octanol–water partition coefficient (Wildman–Crippen LogP) is 3.81. The van der Waals surface area contributed by atoms with Crippen LogP contribution >= 0.6 is 11.8 Å². The van der Waals surface area contributed by atoms with Crippen molar-refractivity contribution in [3.8, 4) is 5.75 Å². The van der Waals surface area contributed by atoms with Crippen LogP contribution < -0.4 is 5.32 Å². The van der Waals surface area contributed by atoms with Crippen LogP contribution in [0.25, 0.3) is 0 Å². The Morgan fingerprint density at radius 1 is 1.35 bits per heavy atom. The second-order valence-electron chi connectivity index (χ2n) is 4.24. The van der Waals surface area contributed by atoms with Crippen LogP contribution in [0, 0.1) is 0 Å². The van der Waals surface area contributed by atoms with E-state index in [0.717, 1.165) is 5.75 Å². The number of phenols is 1. The van der Waals surface area contributed by atoms with Crippen molar-refractivity contribution in [1.29, 1.82) is 0 Å². The maximum absolute atomic E-state index is 11.8. The molecular formula is C15H17NO3S. The van der Waals surface area contributed by atoms with Gasteiger partial charge in [-0.2, -0.15) is 0 Å². The molecule has 0 saturated heterocycles.